The summed E-state index contributed by atoms with van der Waals surface area (Å²) < 4.78 is 5.05. The number of methoxy groups -OCH3 is 1. The molecule has 1 amide bonds. The molecule has 0 aliphatic rings. The molecule has 0 heterocycles. The van der Waals surface area contributed by atoms with Gasteiger partial charge in [-0.05, 0) is 23.8 Å². The molecular formula is C14H17NO4S. The Morgan fingerprint density at radius 2 is 2.00 bits per heavy atom. The van der Waals surface area contributed by atoms with Crippen LogP contribution >= 0.6 is 12.6 Å². The van der Waals surface area contributed by atoms with Gasteiger partial charge in [0.2, 0.25) is 5.91 Å². The minimum absolute atomic E-state index is 0.0991. The van der Waals surface area contributed by atoms with E-state index >= 15 is 0 Å². The van der Waals surface area contributed by atoms with Crippen molar-refractivity contribution in [2.24, 2.45) is 0 Å². The molecule has 0 spiro atoms. The molecule has 0 fully saturated rings. The van der Waals surface area contributed by atoms with Crippen molar-refractivity contribution >= 4 is 30.6 Å². The molecule has 6 heteroatoms. The third-order valence-corrected chi connectivity index (χ3v) is 2.88. The maximum atomic E-state index is 11.8. The number of nitrogens with one attached hydrogen (secondary N) is 1. The predicted octanol–water partition coefficient (Wildman–Crippen LogP) is 1.60. The predicted molar refractivity (Wildman–Crippen MR) is 80.1 cm³/mol. The van der Waals surface area contributed by atoms with Crippen molar-refractivity contribution in [3.05, 3.63) is 35.4 Å². The van der Waals surface area contributed by atoms with Gasteiger partial charge in [0, 0.05) is 17.9 Å². The lowest BCUT2D eigenvalue weighted by Crippen LogP contribution is -2.27. The first-order valence-electron chi connectivity index (χ1n) is 6.02. The number of ether oxygens (including phenoxy) is 1. The van der Waals surface area contributed by atoms with Crippen LogP contribution in [0.25, 0.3) is 6.08 Å². The Kier molecular flexibility index (Phi) is 6.66. The SMILES string of the molecule is COc1ccc(C=C(CS)C(=O)NCCC(=O)O)cc1. The molecule has 0 bridgehead atoms. The standard InChI is InChI=1S/C14H17NO4S/c1-19-12-4-2-10(3-5-12)8-11(9-20)14(18)15-7-6-13(16)17/h2-5,8,20H,6-7,9H2,1H3,(H,15,18)(H,16,17). The van der Waals surface area contributed by atoms with Crippen molar-refractivity contribution in [1.82, 2.24) is 5.32 Å². The first-order valence-corrected chi connectivity index (χ1v) is 6.65. The van der Waals surface area contributed by atoms with Crippen LogP contribution in [0.1, 0.15) is 12.0 Å². The van der Waals surface area contributed by atoms with Crippen LogP contribution in [0.5, 0.6) is 5.75 Å². The second-order valence-electron chi connectivity index (χ2n) is 4.00. The average molecular weight is 295 g/mol. The summed E-state index contributed by atoms with van der Waals surface area (Å²) in [5, 5.41) is 11.1. The Bertz CT molecular complexity index is 496. The molecule has 1 aromatic carbocycles. The monoisotopic (exact) mass is 295 g/mol. The molecule has 0 atom stereocenters. The number of hydrogen-bond acceptors (Lipinski definition) is 4. The number of thiol groups is 1. The third-order valence-electron chi connectivity index (χ3n) is 2.54. The molecule has 1 rings (SSSR count). The molecule has 0 radical (unpaired) electrons. The molecule has 108 valence electrons. The molecule has 0 aliphatic heterocycles. The van der Waals surface area contributed by atoms with Gasteiger partial charge in [0.25, 0.3) is 0 Å². The molecule has 0 saturated carbocycles. The number of carboxylic acid groups (broad SMARTS) is 1. The third kappa shape index (κ3) is 5.36. The van der Waals surface area contributed by atoms with Crippen LogP contribution in [0.4, 0.5) is 0 Å². The van der Waals surface area contributed by atoms with Crippen LogP contribution in [0.2, 0.25) is 0 Å². The van der Waals surface area contributed by atoms with E-state index in [1.54, 1.807) is 25.3 Å². The summed E-state index contributed by atoms with van der Waals surface area (Å²) in [4.78, 5) is 22.2. The van der Waals surface area contributed by atoms with Gasteiger partial charge in [0.05, 0.1) is 13.5 Å². The van der Waals surface area contributed by atoms with Crippen LogP contribution in [0.3, 0.4) is 0 Å². The normalized spacial score (nSPS) is 11.0. The van der Waals surface area contributed by atoms with E-state index in [2.05, 4.69) is 17.9 Å². The van der Waals surface area contributed by atoms with E-state index in [1.165, 1.54) is 0 Å². The summed E-state index contributed by atoms with van der Waals surface area (Å²) in [6, 6.07) is 7.24. The maximum Gasteiger partial charge on any atom is 0.305 e. The zero-order valence-electron chi connectivity index (χ0n) is 11.1. The zero-order valence-corrected chi connectivity index (χ0v) is 12.0. The van der Waals surface area contributed by atoms with E-state index in [1.807, 2.05) is 12.1 Å². The van der Waals surface area contributed by atoms with Crippen molar-refractivity contribution in [3.63, 3.8) is 0 Å². The van der Waals surface area contributed by atoms with Gasteiger partial charge in [-0.1, -0.05) is 12.1 Å². The van der Waals surface area contributed by atoms with Gasteiger partial charge >= 0.3 is 5.97 Å². The summed E-state index contributed by atoms with van der Waals surface area (Å²) in [7, 11) is 1.58. The Morgan fingerprint density at radius 3 is 2.50 bits per heavy atom. The van der Waals surface area contributed by atoms with Crippen molar-refractivity contribution < 1.29 is 19.4 Å². The van der Waals surface area contributed by atoms with Gasteiger partial charge in [0.15, 0.2) is 0 Å². The second-order valence-corrected chi connectivity index (χ2v) is 4.32. The number of benzene rings is 1. The van der Waals surface area contributed by atoms with E-state index in [0.717, 1.165) is 11.3 Å². The average Bonchev–Trinajstić information content (AvgIpc) is 2.44. The van der Waals surface area contributed by atoms with E-state index in [0.29, 0.717) is 5.57 Å². The van der Waals surface area contributed by atoms with Gasteiger partial charge in [-0.25, -0.2) is 0 Å². The van der Waals surface area contributed by atoms with Crippen LogP contribution in [-0.2, 0) is 9.59 Å². The quantitative estimate of drug-likeness (QED) is 0.527. The Balaban J connectivity index is 2.69. The van der Waals surface area contributed by atoms with Crippen molar-refractivity contribution in [3.8, 4) is 5.75 Å². The van der Waals surface area contributed by atoms with E-state index in [4.69, 9.17) is 9.84 Å². The minimum atomic E-state index is -0.947. The number of carbonyl (C=O) groups excluding carboxylic acids is 1. The zero-order chi connectivity index (χ0) is 15.0. The lowest BCUT2D eigenvalue weighted by Gasteiger charge is -2.06. The number of carbonyl (C=O) groups is 2. The number of amides is 1. The van der Waals surface area contributed by atoms with E-state index in [-0.39, 0.29) is 24.6 Å². The summed E-state index contributed by atoms with van der Waals surface area (Å²) in [5.41, 5.74) is 1.33. The molecule has 0 unspecified atom stereocenters. The highest BCUT2D eigenvalue weighted by Crippen LogP contribution is 2.14. The first-order chi connectivity index (χ1) is 9.56. The van der Waals surface area contributed by atoms with Gasteiger partial charge in [-0.3, -0.25) is 9.59 Å². The van der Waals surface area contributed by atoms with Crippen LogP contribution in [-0.4, -0.2) is 36.4 Å². The molecule has 0 aromatic heterocycles. The fraction of sp³-hybridized carbons (Fsp3) is 0.286. The lowest BCUT2D eigenvalue weighted by molar-refractivity contribution is -0.136. The topological polar surface area (TPSA) is 75.6 Å². The van der Waals surface area contributed by atoms with Crippen molar-refractivity contribution in [1.29, 1.82) is 0 Å². The number of rotatable bonds is 7. The Morgan fingerprint density at radius 1 is 1.35 bits per heavy atom. The number of hydrogen-bond donors (Lipinski definition) is 3. The summed E-state index contributed by atoms with van der Waals surface area (Å²) >= 11 is 4.12. The molecule has 20 heavy (non-hydrogen) atoms. The van der Waals surface area contributed by atoms with Gasteiger partial charge in [-0.15, -0.1) is 0 Å². The molecule has 0 aliphatic carbocycles. The summed E-state index contributed by atoms with van der Waals surface area (Å²) in [5.74, 6) is -0.250. The van der Waals surface area contributed by atoms with Crippen LogP contribution in [0.15, 0.2) is 29.8 Å². The van der Waals surface area contributed by atoms with Crippen LogP contribution in [0, 0.1) is 0 Å². The van der Waals surface area contributed by atoms with E-state index < -0.39 is 5.97 Å². The van der Waals surface area contributed by atoms with Crippen molar-refractivity contribution in [2.75, 3.05) is 19.4 Å². The molecule has 5 nitrogen and oxygen atoms in total. The first kappa shape index (κ1) is 16.1. The lowest BCUT2D eigenvalue weighted by atomic mass is 10.1. The second kappa shape index (κ2) is 8.27. The molecular weight excluding hydrogens is 278 g/mol. The molecule has 1 aromatic rings. The molecule has 0 saturated heterocycles. The summed E-state index contributed by atoms with van der Waals surface area (Å²) in [6.45, 7) is 0.0991. The Hall–Kier alpha value is -1.95. The smallest absolute Gasteiger partial charge is 0.305 e. The highest BCUT2D eigenvalue weighted by atomic mass is 32.1. The Labute approximate surface area is 123 Å². The fourth-order valence-electron chi connectivity index (χ4n) is 1.48. The largest absolute Gasteiger partial charge is 0.497 e. The van der Waals surface area contributed by atoms with Gasteiger partial charge in [0.1, 0.15) is 5.75 Å². The van der Waals surface area contributed by atoms with E-state index in [9.17, 15) is 9.59 Å². The maximum absolute atomic E-state index is 11.8. The highest BCUT2D eigenvalue weighted by Gasteiger charge is 2.08. The summed E-state index contributed by atoms with van der Waals surface area (Å²) in [6.07, 6.45) is 1.61. The molecule has 2 N–H and O–H groups in total. The van der Waals surface area contributed by atoms with Crippen LogP contribution < -0.4 is 10.1 Å². The minimum Gasteiger partial charge on any atom is -0.497 e. The highest BCUT2D eigenvalue weighted by molar-refractivity contribution is 7.80. The number of aliphatic carboxylic acids is 1. The van der Waals surface area contributed by atoms with Gasteiger partial charge < -0.3 is 15.2 Å². The fourth-order valence-corrected chi connectivity index (χ4v) is 1.72. The van der Waals surface area contributed by atoms with Crippen molar-refractivity contribution in [2.45, 2.75) is 6.42 Å². The number of carboxylic acids is 1. The van der Waals surface area contributed by atoms with Gasteiger partial charge in [-0.2, -0.15) is 12.6 Å².